The molecule has 29 heavy (non-hydrogen) atoms. The van der Waals surface area contributed by atoms with Crippen LogP contribution in [0.3, 0.4) is 0 Å². The molecule has 5 heteroatoms. The van der Waals surface area contributed by atoms with Gasteiger partial charge in [0.05, 0.1) is 0 Å². The summed E-state index contributed by atoms with van der Waals surface area (Å²) in [5.74, 6) is -0.675. The van der Waals surface area contributed by atoms with Crippen LogP contribution < -0.4 is 0 Å². The second kappa shape index (κ2) is 7.14. The van der Waals surface area contributed by atoms with Crippen molar-refractivity contribution in [1.29, 1.82) is 0 Å². The number of ether oxygens (including phenoxy) is 1. The number of carbonyl (C=O) groups excluding carboxylic acids is 1. The van der Waals surface area contributed by atoms with Gasteiger partial charge in [-0.3, -0.25) is 0 Å². The number of hydrogen-bond donors (Lipinski definition) is 1. The maximum atomic E-state index is 13.5. The summed E-state index contributed by atoms with van der Waals surface area (Å²) in [4.78, 5) is 16.6. The average molecular weight is 395 g/mol. The van der Waals surface area contributed by atoms with E-state index in [0.29, 0.717) is 5.56 Å². The molecule has 1 N–H and O–H groups in total. The lowest BCUT2D eigenvalue weighted by atomic mass is 9.78. The number of aromatic hydroxyl groups is 1. The molecule has 0 fully saturated rings. The van der Waals surface area contributed by atoms with Crippen LogP contribution in [-0.4, -0.2) is 17.0 Å². The van der Waals surface area contributed by atoms with E-state index in [2.05, 4.69) is 4.99 Å². The average Bonchev–Trinajstić information content (AvgIpc) is 2.95. The SMILES string of the molecule is CC(C)(C)c1cc(/C=C2/N=C(c3cccc(F)c3)OC2=O)cc(C(C)(C)C)c1O. The van der Waals surface area contributed by atoms with E-state index in [1.54, 1.807) is 12.1 Å². The molecule has 0 unspecified atom stereocenters. The lowest BCUT2D eigenvalue weighted by Gasteiger charge is -2.27. The first-order valence-electron chi connectivity index (χ1n) is 9.53. The molecule has 0 radical (unpaired) electrons. The van der Waals surface area contributed by atoms with Gasteiger partial charge < -0.3 is 9.84 Å². The third kappa shape index (κ3) is 4.39. The van der Waals surface area contributed by atoms with Gasteiger partial charge in [-0.2, -0.15) is 0 Å². The van der Waals surface area contributed by atoms with E-state index in [4.69, 9.17) is 4.74 Å². The molecule has 0 aromatic heterocycles. The monoisotopic (exact) mass is 395 g/mol. The van der Waals surface area contributed by atoms with Gasteiger partial charge in [0, 0.05) is 16.7 Å². The quantitative estimate of drug-likeness (QED) is 0.542. The molecule has 0 atom stereocenters. The fourth-order valence-corrected chi connectivity index (χ4v) is 3.20. The van der Waals surface area contributed by atoms with Crippen molar-refractivity contribution in [1.82, 2.24) is 0 Å². The topological polar surface area (TPSA) is 58.9 Å². The Hall–Kier alpha value is -2.95. The summed E-state index contributed by atoms with van der Waals surface area (Å²) in [5, 5.41) is 10.8. The van der Waals surface area contributed by atoms with Crippen LogP contribution in [0.2, 0.25) is 0 Å². The number of esters is 1. The van der Waals surface area contributed by atoms with Gasteiger partial charge in [-0.1, -0.05) is 47.6 Å². The molecule has 2 aromatic rings. The van der Waals surface area contributed by atoms with Gasteiger partial charge in [-0.25, -0.2) is 14.2 Å². The van der Waals surface area contributed by atoms with Gasteiger partial charge in [0.1, 0.15) is 11.6 Å². The van der Waals surface area contributed by atoms with Crippen molar-refractivity contribution in [2.24, 2.45) is 4.99 Å². The van der Waals surface area contributed by atoms with Crippen molar-refractivity contribution in [3.63, 3.8) is 0 Å². The summed E-state index contributed by atoms with van der Waals surface area (Å²) in [5.41, 5.74) is 2.28. The van der Waals surface area contributed by atoms with Crippen LogP contribution in [0.5, 0.6) is 5.75 Å². The van der Waals surface area contributed by atoms with Crippen molar-refractivity contribution in [2.75, 3.05) is 0 Å². The third-order valence-electron chi connectivity index (χ3n) is 4.74. The predicted molar refractivity (Wildman–Crippen MR) is 113 cm³/mol. The van der Waals surface area contributed by atoms with E-state index in [1.165, 1.54) is 18.2 Å². The van der Waals surface area contributed by atoms with Gasteiger partial charge in [0.2, 0.25) is 5.90 Å². The van der Waals surface area contributed by atoms with Crippen LogP contribution in [0.4, 0.5) is 4.39 Å². The molecule has 4 nitrogen and oxygen atoms in total. The van der Waals surface area contributed by atoms with E-state index in [0.717, 1.165) is 16.7 Å². The molecule has 0 aliphatic carbocycles. The highest BCUT2D eigenvalue weighted by molar-refractivity contribution is 6.12. The Bertz CT molecular complexity index is 1000. The molecule has 152 valence electrons. The fourth-order valence-electron chi connectivity index (χ4n) is 3.20. The van der Waals surface area contributed by atoms with E-state index in [9.17, 15) is 14.3 Å². The Balaban J connectivity index is 2.11. The van der Waals surface area contributed by atoms with Gasteiger partial charge >= 0.3 is 5.97 Å². The number of phenolic OH excluding ortho intramolecular Hbond substituents is 1. The summed E-state index contributed by atoms with van der Waals surface area (Å²) in [6, 6.07) is 9.48. The number of phenols is 1. The molecule has 0 bridgehead atoms. The second-order valence-corrected chi connectivity index (χ2v) is 9.31. The number of hydrogen-bond acceptors (Lipinski definition) is 4. The number of rotatable bonds is 2. The van der Waals surface area contributed by atoms with Crippen LogP contribution in [0.25, 0.3) is 6.08 Å². The summed E-state index contributed by atoms with van der Waals surface area (Å²) >= 11 is 0. The molecule has 2 aromatic carbocycles. The molecule has 1 aliphatic heterocycles. The molecular formula is C24H26FNO3. The summed E-state index contributed by atoms with van der Waals surface area (Å²) in [7, 11) is 0. The fraction of sp³-hybridized carbons (Fsp3) is 0.333. The highest BCUT2D eigenvalue weighted by atomic mass is 19.1. The van der Waals surface area contributed by atoms with Crippen LogP contribution in [-0.2, 0) is 20.4 Å². The first-order chi connectivity index (χ1) is 13.4. The van der Waals surface area contributed by atoms with E-state index in [-0.39, 0.29) is 28.2 Å². The minimum atomic E-state index is -0.591. The number of halogens is 1. The van der Waals surface area contributed by atoms with Crippen LogP contribution >= 0.6 is 0 Å². The van der Waals surface area contributed by atoms with Crippen molar-refractivity contribution >= 4 is 17.9 Å². The molecule has 1 aliphatic rings. The van der Waals surface area contributed by atoms with Crippen molar-refractivity contribution < 1.29 is 19.0 Å². The van der Waals surface area contributed by atoms with Crippen LogP contribution in [0.1, 0.15) is 63.8 Å². The Morgan fingerprint density at radius 2 is 1.59 bits per heavy atom. The van der Waals surface area contributed by atoms with Gasteiger partial charge in [0.25, 0.3) is 0 Å². The van der Waals surface area contributed by atoms with E-state index < -0.39 is 11.8 Å². The molecule has 0 saturated carbocycles. The first-order valence-corrected chi connectivity index (χ1v) is 9.53. The zero-order valence-corrected chi connectivity index (χ0v) is 17.6. The molecule has 0 spiro atoms. The largest absolute Gasteiger partial charge is 0.507 e. The second-order valence-electron chi connectivity index (χ2n) is 9.31. The normalized spacial score (nSPS) is 16.2. The number of aliphatic imine (C=N–C) groups is 1. The standard InChI is InChI=1S/C24H26FNO3/c1-23(2,3)17-10-14(11-18(20(17)27)24(4,5)6)12-19-22(28)29-21(26-19)15-8-7-9-16(25)13-15/h7-13,27H,1-6H3/b19-12+. The van der Waals surface area contributed by atoms with Crippen molar-refractivity contribution in [2.45, 2.75) is 52.4 Å². The van der Waals surface area contributed by atoms with Crippen LogP contribution in [0, 0.1) is 5.82 Å². The molecular weight excluding hydrogens is 369 g/mol. The highest BCUT2D eigenvalue weighted by Gasteiger charge is 2.28. The Morgan fingerprint density at radius 1 is 1.00 bits per heavy atom. The first kappa shape index (κ1) is 20.8. The molecule has 0 saturated heterocycles. The minimum Gasteiger partial charge on any atom is -0.507 e. The Kier molecular flexibility index (Phi) is 5.11. The van der Waals surface area contributed by atoms with E-state index >= 15 is 0 Å². The lowest BCUT2D eigenvalue weighted by Crippen LogP contribution is -2.17. The Labute approximate surface area is 170 Å². The predicted octanol–water partition coefficient (Wildman–Crippen LogP) is 5.47. The summed E-state index contributed by atoms with van der Waals surface area (Å²) < 4.78 is 18.7. The van der Waals surface area contributed by atoms with Gasteiger partial charge in [0.15, 0.2) is 5.70 Å². The number of nitrogens with zero attached hydrogens (tertiary/aromatic N) is 1. The van der Waals surface area contributed by atoms with Gasteiger partial charge in [-0.05, 0) is 52.8 Å². The highest BCUT2D eigenvalue weighted by Crippen LogP contribution is 2.40. The minimum absolute atomic E-state index is 0.0756. The van der Waals surface area contributed by atoms with Gasteiger partial charge in [-0.15, -0.1) is 0 Å². The summed E-state index contributed by atoms with van der Waals surface area (Å²) in [6.45, 7) is 12.1. The lowest BCUT2D eigenvalue weighted by molar-refractivity contribution is -0.129. The molecule has 1 heterocycles. The summed E-state index contributed by atoms with van der Waals surface area (Å²) in [6.07, 6.45) is 1.64. The van der Waals surface area contributed by atoms with E-state index in [1.807, 2.05) is 53.7 Å². The molecule has 3 rings (SSSR count). The number of cyclic esters (lactones) is 1. The zero-order chi connectivity index (χ0) is 21.6. The smallest absolute Gasteiger partial charge is 0.363 e. The van der Waals surface area contributed by atoms with Crippen molar-refractivity contribution in [3.05, 3.63) is 70.2 Å². The maximum Gasteiger partial charge on any atom is 0.363 e. The zero-order valence-electron chi connectivity index (χ0n) is 17.6. The van der Waals surface area contributed by atoms with Crippen molar-refractivity contribution in [3.8, 4) is 5.75 Å². The maximum absolute atomic E-state index is 13.5. The number of benzene rings is 2. The van der Waals surface area contributed by atoms with Crippen LogP contribution in [0.15, 0.2) is 47.1 Å². The third-order valence-corrected chi connectivity index (χ3v) is 4.74. The number of carbonyl (C=O) groups is 1. The molecule has 0 amide bonds. The Morgan fingerprint density at radius 3 is 2.10 bits per heavy atom.